The van der Waals surface area contributed by atoms with Gasteiger partial charge in [0, 0.05) is 0 Å². The van der Waals surface area contributed by atoms with Crippen LogP contribution in [0.5, 0.6) is 0 Å². The van der Waals surface area contributed by atoms with Crippen LogP contribution in [0.3, 0.4) is 0 Å². The molecule has 0 aromatic rings. The van der Waals surface area contributed by atoms with Crippen LogP contribution < -0.4 is 0 Å². The van der Waals surface area contributed by atoms with Gasteiger partial charge in [-0.3, -0.25) is 0 Å². The molecule has 0 amide bonds. The highest BCUT2D eigenvalue weighted by molar-refractivity contribution is 4.88. The first-order valence-corrected chi connectivity index (χ1v) is 6.20. The number of hydrogen-bond acceptors (Lipinski definition) is 6. The molecule has 0 bridgehead atoms. The first-order chi connectivity index (χ1) is 8.20. The van der Waals surface area contributed by atoms with E-state index in [-0.39, 0.29) is 13.2 Å². The maximum atomic E-state index is 10.1. The average molecular weight is 262 g/mol. The van der Waals surface area contributed by atoms with Gasteiger partial charge in [-0.1, -0.05) is 0 Å². The van der Waals surface area contributed by atoms with Crippen molar-refractivity contribution < 1.29 is 29.2 Å². The molecule has 0 unspecified atom stereocenters. The number of aliphatic hydroxyl groups is 2. The summed E-state index contributed by atoms with van der Waals surface area (Å²) in [5.74, 6) is -1.45. The molecular formula is C12H22O6. The molecule has 0 aromatic heterocycles. The van der Waals surface area contributed by atoms with Gasteiger partial charge in [-0.15, -0.1) is 0 Å². The fourth-order valence-electron chi connectivity index (χ4n) is 2.21. The smallest absolute Gasteiger partial charge is 0.163 e. The van der Waals surface area contributed by atoms with Crippen LogP contribution in [0.25, 0.3) is 0 Å². The molecular weight excluding hydrogens is 240 g/mol. The fraction of sp³-hybridized carbons (Fsp3) is 1.00. The Kier molecular flexibility index (Phi) is 3.70. The van der Waals surface area contributed by atoms with E-state index >= 15 is 0 Å². The Labute approximate surface area is 107 Å². The molecule has 18 heavy (non-hydrogen) atoms. The van der Waals surface area contributed by atoms with Crippen molar-refractivity contribution in [3.05, 3.63) is 0 Å². The molecule has 2 fully saturated rings. The Bertz CT molecular complexity index is 273. The summed E-state index contributed by atoms with van der Waals surface area (Å²) in [6.07, 6.45) is -3.23. The molecule has 0 saturated carbocycles. The van der Waals surface area contributed by atoms with Crippen LogP contribution in [0.15, 0.2) is 0 Å². The van der Waals surface area contributed by atoms with Crippen molar-refractivity contribution in [2.75, 3.05) is 13.2 Å². The van der Waals surface area contributed by atoms with Crippen molar-refractivity contribution in [2.45, 2.75) is 63.7 Å². The standard InChI is InChI=1S/C12H22O6/c1-11(2)15-5-7(17-11)9(13)10(14)8-6-16-12(3,4)18-8/h7-10,13-14H,5-6H2,1-4H3/t7-,8+,9-,10+. The van der Waals surface area contributed by atoms with Gasteiger partial charge in [0.25, 0.3) is 0 Å². The van der Waals surface area contributed by atoms with E-state index in [1.165, 1.54) is 0 Å². The second-order valence-electron chi connectivity index (χ2n) is 5.72. The van der Waals surface area contributed by atoms with Crippen molar-refractivity contribution in [1.29, 1.82) is 0 Å². The normalized spacial score (nSPS) is 37.7. The van der Waals surface area contributed by atoms with E-state index in [0.717, 1.165) is 0 Å². The van der Waals surface area contributed by atoms with Gasteiger partial charge in [0.15, 0.2) is 11.6 Å². The Morgan fingerprint density at radius 2 is 1.17 bits per heavy atom. The van der Waals surface area contributed by atoms with Crippen LogP contribution in [0.1, 0.15) is 27.7 Å². The van der Waals surface area contributed by atoms with E-state index in [1.807, 2.05) is 0 Å². The molecule has 0 radical (unpaired) electrons. The van der Waals surface area contributed by atoms with Gasteiger partial charge in [-0.05, 0) is 27.7 Å². The lowest BCUT2D eigenvalue weighted by molar-refractivity contribution is -0.183. The zero-order valence-corrected chi connectivity index (χ0v) is 11.3. The van der Waals surface area contributed by atoms with Crippen LogP contribution in [-0.4, -0.2) is 59.4 Å². The van der Waals surface area contributed by atoms with Gasteiger partial charge in [0.05, 0.1) is 13.2 Å². The van der Waals surface area contributed by atoms with E-state index in [1.54, 1.807) is 27.7 Å². The van der Waals surface area contributed by atoms with E-state index in [9.17, 15) is 10.2 Å². The quantitative estimate of drug-likeness (QED) is 0.746. The molecule has 0 aliphatic carbocycles. The largest absolute Gasteiger partial charge is 0.387 e. The lowest BCUT2D eigenvalue weighted by Gasteiger charge is -2.27. The highest BCUT2D eigenvalue weighted by Gasteiger charge is 2.45. The number of ether oxygens (including phenoxy) is 4. The molecule has 4 atom stereocenters. The summed E-state index contributed by atoms with van der Waals surface area (Å²) in [4.78, 5) is 0. The second-order valence-corrected chi connectivity index (χ2v) is 5.72. The molecule has 2 N–H and O–H groups in total. The third kappa shape index (κ3) is 3.01. The van der Waals surface area contributed by atoms with Crippen molar-refractivity contribution in [2.24, 2.45) is 0 Å². The zero-order valence-electron chi connectivity index (χ0n) is 11.3. The van der Waals surface area contributed by atoms with Gasteiger partial charge >= 0.3 is 0 Å². The van der Waals surface area contributed by atoms with Crippen LogP contribution in [0.4, 0.5) is 0 Å². The summed E-state index contributed by atoms with van der Waals surface area (Å²) in [6, 6.07) is 0. The summed E-state index contributed by atoms with van der Waals surface area (Å²) in [5.41, 5.74) is 0. The Balaban J connectivity index is 1.92. The van der Waals surface area contributed by atoms with E-state index in [0.29, 0.717) is 0 Å². The highest BCUT2D eigenvalue weighted by atomic mass is 16.8. The van der Waals surface area contributed by atoms with Crippen LogP contribution in [0, 0.1) is 0 Å². The fourth-order valence-corrected chi connectivity index (χ4v) is 2.21. The van der Waals surface area contributed by atoms with Gasteiger partial charge < -0.3 is 29.2 Å². The van der Waals surface area contributed by atoms with Gasteiger partial charge in [0.2, 0.25) is 0 Å². The lowest BCUT2D eigenvalue weighted by atomic mass is 10.0. The predicted molar refractivity (Wildman–Crippen MR) is 61.8 cm³/mol. The van der Waals surface area contributed by atoms with E-state index < -0.39 is 36.0 Å². The SMILES string of the molecule is CC1(C)OC[C@@H]([C@H](O)[C@H](O)[C@H]2COC(C)(C)O2)O1. The molecule has 2 heterocycles. The van der Waals surface area contributed by atoms with E-state index in [2.05, 4.69) is 0 Å². The topological polar surface area (TPSA) is 77.4 Å². The average Bonchev–Trinajstić information content (AvgIpc) is 2.79. The molecule has 106 valence electrons. The first kappa shape index (κ1) is 14.2. The zero-order chi connectivity index (χ0) is 13.6. The Hall–Kier alpha value is -0.240. The monoisotopic (exact) mass is 262 g/mol. The molecule has 0 aromatic carbocycles. The van der Waals surface area contributed by atoms with Crippen molar-refractivity contribution in [1.82, 2.24) is 0 Å². The predicted octanol–water partition coefficient (Wildman–Crippen LogP) is 0.0112. The minimum absolute atomic E-state index is 0.252. The van der Waals surface area contributed by atoms with Crippen LogP contribution in [0.2, 0.25) is 0 Å². The Morgan fingerprint density at radius 3 is 1.39 bits per heavy atom. The summed E-state index contributed by atoms with van der Waals surface area (Å²) >= 11 is 0. The summed E-state index contributed by atoms with van der Waals surface area (Å²) in [7, 11) is 0. The molecule has 2 saturated heterocycles. The highest BCUT2D eigenvalue weighted by Crippen LogP contribution is 2.29. The summed E-state index contributed by atoms with van der Waals surface area (Å²) in [6.45, 7) is 7.58. The van der Waals surface area contributed by atoms with Crippen molar-refractivity contribution >= 4 is 0 Å². The first-order valence-electron chi connectivity index (χ1n) is 6.20. The Morgan fingerprint density at radius 1 is 0.833 bits per heavy atom. The van der Waals surface area contributed by atoms with E-state index in [4.69, 9.17) is 18.9 Å². The van der Waals surface area contributed by atoms with Crippen LogP contribution in [-0.2, 0) is 18.9 Å². The van der Waals surface area contributed by atoms with Crippen LogP contribution >= 0.6 is 0 Å². The molecule has 6 nitrogen and oxygen atoms in total. The third-order valence-electron chi connectivity index (χ3n) is 3.17. The summed E-state index contributed by atoms with van der Waals surface area (Å²) < 4.78 is 21.8. The van der Waals surface area contributed by atoms with Gasteiger partial charge in [-0.25, -0.2) is 0 Å². The van der Waals surface area contributed by atoms with Crippen molar-refractivity contribution in [3.63, 3.8) is 0 Å². The maximum Gasteiger partial charge on any atom is 0.163 e. The van der Waals surface area contributed by atoms with Gasteiger partial charge in [0.1, 0.15) is 24.4 Å². The number of hydrogen-bond donors (Lipinski definition) is 2. The molecule has 2 aliphatic heterocycles. The molecule has 2 rings (SSSR count). The number of aliphatic hydroxyl groups excluding tert-OH is 2. The second kappa shape index (κ2) is 4.70. The maximum absolute atomic E-state index is 10.1. The van der Waals surface area contributed by atoms with Gasteiger partial charge in [-0.2, -0.15) is 0 Å². The minimum atomic E-state index is -1.06. The number of rotatable bonds is 3. The van der Waals surface area contributed by atoms with Crippen molar-refractivity contribution in [3.8, 4) is 0 Å². The minimum Gasteiger partial charge on any atom is -0.387 e. The lowest BCUT2D eigenvalue weighted by Crippen LogP contribution is -2.47. The molecule has 2 aliphatic rings. The molecule has 0 spiro atoms. The molecule has 6 heteroatoms. The third-order valence-corrected chi connectivity index (χ3v) is 3.17. The summed E-state index contributed by atoms with van der Waals surface area (Å²) in [5, 5.41) is 20.2.